The maximum atomic E-state index is 13.4. The summed E-state index contributed by atoms with van der Waals surface area (Å²) in [6.45, 7) is 7.87. The molecule has 1 aromatic carbocycles. The number of rotatable bonds is 5. The van der Waals surface area contributed by atoms with Gasteiger partial charge in [0.25, 0.3) is 5.91 Å². The Hall–Kier alpha value is -3.75. The summed E-state index contributed by atoms with van der Waals surface area (Å²) >= 11 is 0. The molecule has 0 atom stereocenters. The zero-order valence-electron chi connectivity index (χ0n) is 17.2. The molecule has 1 saturated heterocycles. The molecule has 8 nitrogen and oxygen atoms in total. The molecule has 0 saturated carbocycles. The molecule has 3 aromatic rings. The quantitative estimate of drug-likeness (QED) is 0.615. The second kappa shape index (κ2) is 8.55. The van der Waals surface area contributed by atoms with E-state index < -0.39 is 0 Å². The molecule has 160 valence electrons. The number of hydrogen-bond donors (Lipinski definition) is 2. The fourth-order valence-electron chi connectivity index (χ4n) is 3.59. The number of piperazine rings is 1. The van der Waals surface area contributed by atoms with Crippen molar-refractivity contribution in [2.24, 2.45) is 0 Å². The van der Waals surface area contributed by atoms with Gasteiger partial charge >= 0.3 is 0 Å². The number of hydrogen-bond acceptors (Lipinski definition) is 5. The summed E-state index contributed by atoms with van der Waals surface area (Å²) in [4.78, 5) is 40.3. The number of carbonyl (C=O) groups is 2. The van der Waals surface area contributed by atoms with Crippen LogP contribution in [0.15, 0.2) is 43.2 Å². The van der Waals surface area contributed by atoms with Crippen LogP contribution in [0.2, 0.25) is 0 Å². The van der Waals surface area contributed by atoms with Crippen molar-refractivity contribution in [1.82, 2.24) is 25.2 Å². The number of H-pyrrole nitrogens is 1. The van der Waals surface area contributed by atoms with Gasteiger partial charge in [-0.15, -0.1) is 0 Å². The number of amides is 2. The van der Waals surface area contributed by atoms with Gasteiger partial charge in [-0.3, -0.25) is 9.59 Å². The third-order valence-electron chi connectivity index (χ3n) is 5.38. The molecule has 31 heavy (non-hydrogen) atoms. The van der Waals surface area contributed by atoms with Crippen LogP contribution in [0.5, 0.6) is 0 Å². The lowest BCUT2D eigenvalue weighted by Gasteiger charge is -2.34. The van der Waals surface area contributed by atoms with Gasteiger partial charge in [0.1, 0.15) is 17.2 Å². The van der Waals surface area contributed by atoms with Crippen LogP contribution in [-0.4, -0.2) is 57.8 Å². The van der Waals surface area contributed by atoms with Crippen molar-refractivity contribution in [2.75, 3.05) is 31.1 Å². The molecule has 0 radical (unpaired) electrons. The van der Waals surface area contributed by atoms with Gasteiger partial charge in [0.15, 0.2) is 5.65 Å². The average molecular weight is 422 g/mol. The first kappa shape index (κ1) is 20.5. The Kier molecular flexibility index (Phi) is 5.66. The van der Waals surface area contributed by atoms with Crippen LogP contribution in [0.3, 0.4) is 0 Å². The number of aryl methyl sites for hydroxylation is 1. The topological polar surface area (TPSA) is 94.2 Å². The third kappa shape index (κ3) is 4.25. The summed E-state index contributed by atoms with van der Waals surface area (Å²) in [6.07, 6.45) is 4.56. The van der Waals surface area contributed by atoms with E-state index in [-0.39, 0.29) is 24.2 Å². The van der Waals surface area contributed by atoms with E-state index in [0.29, 0.717) is 54.3 Å². The molecule has 2 amide bonds. The average Bonchev–Trinajstić information content (AvgIpc) is 3.22. The van der Waals surface area contributed by atoms with Gasteiger partial charge in [-0.2, -0.15) is 0 Å². The Morgan fingerprint density at radius 2 is 2.06 bits per heavy atom. The van der Waals surface area contributed by atoms with E-state index in [1.165, 1.54) is 12.1 Å². The molecule has 4 rings (SSSR count). The lowest BCUT2D eigenvalue weighted by Crippen LogP contribution is -2.48. The second-order valence-electron chi connectivity index (χ2n) is 7.41. The fraction of sp³-hybridized carbons (Fsp3) is 0.273. The van der Waals surface area contributed by atoms with E-state index in [1.54, 1.807) is 36.4 Å². The SMILES string of the molecule is C=CC(=O)N1CCN(c2cnc3[nH]cc(C(=O)NCc4ccc(F)c(C)c4)c3n2)CC1. The van der Waals surface area contributed by atoms with Gasteiger partial charge in [0.2, 0.25) is 5.91 Å². The first-order valence-electron chi connectivity index (χ1n) is 10.00. The summed E-state index contributed by atoms with van der Waals surface area (Å²) in [6, 6.07) is 4.74. The van der Waals surface area contributed by atoms with Crippen molar-refractivity contribution in [2.45, 2.75) is 13.5 Å². The molecule has 0 aliphatic carbocycles. The number of anilines is 1. The highest BCUT2D eigenvalue weighted by molar-refractivity contribution is 6.04. The molecule has 9 heteroatoms. The van der Waals surface area contributed by atoms with Crippen LogP contribution in [0.4, 0.5) is 10.2 Å². The van der Waals surface area contributed by atoms with E-state index in [4.69, 9.17) is 0 Å². The van der Waals surface area contributed by atoms with Crippen LogP contribution in [-0.2, 0) is 11.3 Å². The van der Waals surface area contributed by atoms with Crippen LogP contribution >= 0.6 is 0 Å². The number of fused-ring (bicyclic) bond motifs is 1. The number of benzene rings is 1. The molecule has 0 spiro atoms. The second-order valence-corrected chi connectivity index (χ2v) is 7.41. The molecule has 3 heterocycles. The molecule has 1 aliphatic heterocycles. The summed E-state index contributed by atoms with van der Waals surface area (Å²) < 4.78 is 13.4. The van der Waals surface area contributed by atoms with E-state index in [1.807, 2.05) is 4.90 Å². The fourth-order valence-corrected chi connectivity index (χ4v) is 3.59. The predicted molar refractivity (Wildman–Crippen MR) is 115 cm³/mol. The van der Waals surface area contributed by atoms with E-state index >= 15 is 0 Å². The number of nitrogens with one attached hydrogen (secondary N) is 2. The maximum Gasteiger partial charge on any atom is 0.255 e. The molecule has 2 aromatic heterocycles. The van der Waals surface area contributed by atoms with E-state index in [9.17, 15) is 14.0 Å². The zero-order valence-corrected chi connectivity index (χ0v) is 17.2. The Morgan fingerprint density at radius 1 is 1.29 bits per heavy atom. The highest BCUT2D eigenvalue weighted by atomic mass is 19.1. The lowest BCUT2D eigenvalue weighted by atomic mass is 10.1. The highest BCUT2D eigenvalue weighted by Crippen LogP contribution is 2.20. The van der Waals surface area contributed by atoms with Crippen LogP contribution in [0.1, 0.15) is 21.5 Å². The summed E-state index contributed by atoms with van der Waals surface area (Å²) in [7, 11) is 0. The number of halogens is 1. The van der Waals surface area contributed by atoms with Crippen LogP contribution < -0.4 is 10.2 Å². The summed E-state index contributed by atoms with van der Waals surface area (Å²) in [5, 5.41) is 2.85. The standard InChI is InChI=1S/C22H23FN6O2/c1-3-19(30)29-8-6-28(7-9-29)18-13-25-21-20(27-18)16(12-24-21)22(31)26-11-15-4-5-17(23)14(2)10-15/h3-5,10,12-13H,1,6-9,11H2,2H3,(H,24,25)(H,26,31). The number of aromatic amines is 1. The molecule has 0 unspecified atom stereocenters. The largest absolute Gasteiger partial charge is 0.352 e. The zero-order chi connectivity index (χ0) is 22.0. The number of carbonyl (C=O) groups excluding carboxylic acids is 2. The summed E-state index contributed by atoms with van der Waals surface area (Å²) in [5.41, 5.74) is 2.74. The van der Waals surface area contributed by atoms with Gasteiger partial charge in [-0.1, -0.05) is 18.7 Å². The van der Waals surface area contributed by atoms with Gasteiger partial charge in [-0.05, 0) is 30.2 Å². The third-order valence-corrected chi connectivity index (χ3v) is 5.38. The normalized spacial score (nSPS) is 14.0. The first-order valence-corrected chi connectivity index (χ1v) is 10.00. The molecular weight excluding hydrogens is 399 g/mol. The van der Waals surface area contributed by atoms with E-state index in [0.717, 1.165) is 5.56 Å². The van der Waals surface area contributed by atoms with Gasteiger partial charge in [0, 0.05) is 38.9 Å². The monoisotopic (exact) mass is 422 g/mol. The van der Waals surface area contributed by atoms with Crippen LogP contribution in [0.25, 0.3) is 11.2 Å². The lowest BCUT2D eigenvalue weighted by molar-refractivity contribution is -0.126. The molecule has 1 fully saturated rings. The Morgan fingerprint density at radius 3 is 2.77 bits per heavy atom. The minimum absolute atomic E-state index is 0.0814. The molecular formula is C22H23FN6O2. The van der Waals surface area contributed by atoms with Crippen LogP contribution in [0, 0.1) is 12.7 Å². The molecule has 0 bridgehead atoms. The highest BCUT2D eigenvalue weighted by Gasteiger charge is 2.22. The van der Waals surface area contributed by atoms with Gasteiger partial charge in [-0.25, -0.2) is 14.4 Å². The van der Waals surface area contributed by atoms with Gasteiger partial charge in [0.05, 0.1) is 11.8 Å². The van der Waals surface area contributed by atoms with Crippen molar-refractivity contribution in [1.29, 1.82) is 0 Å². The van der Waals surface area contributed by atoms with Crippen molar-refractivity contribution in [3.63, 3.8) is 0 Å². The molecule has 1 aliphatic rings. The van der Waals surface area contributed by atoms with Gasteiger partial charge < -0.3 is 20.1 Å². The van der Waals surface area contributed by atoms with Crippen molar-refractivity contribution in [3.8, 4) is 0 Å². The smallest absolute Gasteiger partial charge is 0.255 e. The van der Waals surface area contributed by atoms with E-state index in [2.05, 4.69) is 26.8 Å². The summed E-state index contributed by atoms with van der Waals surface area (Å²) in [5.74, 6) is 0.00779. The predicted octanol–water partition coefficient (Wildman–Crippen LogP) is 2.17. The number of aromatic nitrogens is 3. The van der Waals surface area contributed by atoms with Crippen molar-refractivity contribution in [3.05, 3.63) is 65.8 Å². The van der Waals surface area contributed by atoms with Crippen molar-refractivity contribution >= 4 is 28.8 Å². The Balaban J connectivity index is 1.48. The molecule has 2 N–H and O–H groups in total. The Labute approximate surface area is 178 Å². The minimum Gasteiger partial charge on any atom is -0.352 e. The minimum atomic E-state index is -0.291. The van der Waals surface area contributed by atoms with Crippen molar-refractivity contribution < 1.29 is 14.0 Å². The Bertz CT molecular complexity index is 1150. The number of nitrogens with zero attached hydrogens (tertiary/aromatic N) is 4. The maximum absolute atomic E-state index is 13.4. The first-order chi connectivity index (χ1) is 15.0.